The Bertz CT molecular complexity index is 774. The molecule has 0 saturated heterocycles. The minimum atomic E-state index is -0.397. The van der Waals surface area contributed by atoms with Crippen molar-refractivity contribution in [1.82, 2.24) is 0 Å². The van der Waals surface area contributed by atoms with Crippen LogP contribution in [0.4, 0.5) is 5.69 Å². The summed E-state index contributed by atoms with van der Waals surface area (Å²) in [4.78, 5) is 23.9. The minimum absolute atomic E-state index is 0.151. The van der Waals surface area contributed by atoms with Crippen LogP contribution in [0, 0.1) is 6.92 Å². The zero-order valence-electron chi connectivity index (χ0n) is 15.6. The molecule has 0 unspecified atom stereocenters. The van der Waals surface area contributed by atoms with Gasteiger partial charge in [0.2, 0.25) is 0 Å². The smallest absolute Gasteiger partial charge is 0.344 e. The summed E-state index contributed by atoms with van der Waals surface area (Å²) >= 11 is 5.92. The second-order valence-corrected chi connectivity index (χ2v) is 6.59. The number of hydrogen-bond donors (Lipinski definition) is 1. The normalized spacial score (nSPS) is 10.3. The molecule has 144 valence electrons. The van der Waals surface area contributed by atoms with Gasteiger partial charge >= 0.3 is 5.97 Å². The van der Waals surface area contributed by atoms with Crippen LogP contribution in [0.5, 0.6) is 5.75 Å². The van der Waals surface area contributed by atoms with Crippen LogP contribution in [-0.2, 0) is 9.53 Å². The SMILES string of the molecule is CCCCCOC(=O)COc1ccc(C(=O)Nc2ccc(Cl)cc2C)cc1. The van der Waals surface area contributed by atoms with Crippen molar-refractivity contribution in [3.05, 3.63) is 58.6 Å². The Morgan fingerprint density at radius 3 is 2.48 bits per heavy atom. The first-order valence-corrected chi connectivity index (χ1v) is 9.33. The summed E-state index contributed by atoms with van der Waals surface area (Å²) in [5.74, 6) is -0.131. The number of amides is 1. The predicted molar refractivity (Wildman–Crippen MR) is 107 cm³/mol. The van der Waals surface area contributed by atoms with Crippen LogP contribution in [0.25, 0.3) is 0 Å². The van der Waals surface area contributed by atoms with Crippen LogP contribution in [0.1, 0.15) is 42.1 Å². The van der Waals surface area contributed by atoms with Gasteiger partial charge in [0, 0.05) is 16.3 Å². The van der Waals surface area contributed by atoms with Crippen molar-refractivity contribution in [2.24, 2.45) is 0 Å². The van der Waals surface area contributed by atoms with E-state index in [1.165, 1.54) is 0 Å². The topological polar surface area (TPSA) is 64.6 Å². The fraction of sp³-hybridized carbons (Fsp3) is 0.333. The lowest BCUT2D eigenvalue weighted by Gasteiger charge is -2.10. The second kappa shape index (κ2) is 10.6. The number of nitrogens with one attached hydrogen (secondary N) is 1. The van der Waals surface area contributed by atoms with E-state index < -0.39 is 5.97 Å². The largest absolute Gasteiger partial charge is 0.482 e. The van der Waals surface area contributed by atoms with Gasteiger partial charge in [-0.2, -0.15) is 0 Å². The number of unbranched alkanes of at least 4 members (excludes halogenated alkanes) is 2. The fourth-order valence-electron chi connectivity index (χ4n) is 2.39. The highest BCUT2D eigenvalue weighted by molar-refractivity contribution is 6.30. The Balaban J connectivity index is 1.83. The molecule has 1 amide bonds. The molecule has 0 aliphatic rings. The van der Waals surface area contributed by atoms with Crippen molar-refractivity contribution < 1.29 is 19.1 Å². The van der Waals surface area contributed by atoms with Crippen molar-refractivity contribution in [1.29, 1.82) is 0 Å². The van der Waals surface area contributed by atoms with Gasteiger partial charge in [0.1, 0.15) is 5.75 Å². The van der Waals surface area contributed by atoms with Crippen molar-refractivity contribution in [3.63, 3.8) is 0 Å². The van der Waals surface area contributed by atoms with Crippen molar-refractivity contribution in [2.45, 2.75) is 33.1 Å². The summed E-state index contributed by atoms with van der Waals surface area (Å²) in [6.07, 6.45) is 2.97. The van der Waals surface area contributed by atoms with Crippen LogP contribution in [0.2, 0.25) is 5.02 Å². The van der Waals surface area contributed by atoms with E-state index in [9.17, 15) is 9.59 Å². The van der Waals surface area contributed by atoms with E-state index in [4.69, 9.17) is 21.1 Å². The Morgan fingerprint density at radius 2 is 1.81 bits per heavy atom. The molecule has 0 spiro atoms. The maximum Gasteiger partial charge on any atom is 0.344 e. The van der Waals surface area contributed by atoms with Gasteiger partial charge in [0.05, 0.1) is 6.61 Å². The second-order valence-electron chi connectivity index (χ2n) is 6.15. The van der Waals surface area contributed by atoms with Gasteiger partial charge in [-0.3, -0.25) is 4.79 Å². The summed E-state index contributed by atoms with van der Waals surface area (Å²) < 4.78 is 10.5. The highest BCUT2D eigenvalue weighted by atomic mass is 35.5. The zero-order chi connectivity index (χ0) is 19.6. The zero-order valence-corrected chi connectivity index (χ0v) is 16.3. The first-order chi connectivity index (χ1) is 13.0. The van der Waals surface area contributed by atoms with Gasteiger partial charge in [-0.05, 0) is 61.4 Å². The van der Waals surface area contributed by atoms with E-state index in [0.29, 0.717) is 28.6 Å². The van der Waals surface area contributed by atoms with Crippen LogP contribution >= 0.6 is 11.6 Å². The van der Waals surface area contributed by atoms with E-state index in [1.807, 2.05) is 6.92 Å². The third-order valence-corrected chi connectivity index (χ3v) is 4.16. The number of carbonyl (C=O) groups is 2. The quantitative estimate of drug-likeness (QED) is 0.483. The molecule has 0 aliphatic carbocycles. The van der Waals surface area contributed by atoms with Gasteiger partial charge in [-0.15, -0.1) is 0 Å². The first kappa shape index (κ1) is 20.8. The van der Waals surface area contributed by atoms with Crippen LogP contribution in [-0.4, -0.2) is 25.1 Å². The number of halogens is 1. The van der Waals surface area contributed by atoms with E-state index in [1.54, 1.807) is 42.5 Å². The maximum atomic E-state index is 12.3. The Labute approximate surface area is 164 Å². The maximum absolute atomic E-state index is 12.3. The van der Waals surface area contributed by atoms with Crippen LogP contribution in [0.15, 0.2) is 42.5 Å². The molecule has 0 radical (unpaired) electrons. The Hall–Kier alpha value is -2.53. The molecule has 2 aromatic carbocycles. The van der Waals surface area contributed by atoms with Crippen LogP contribution < -0.4 is 10.1 Å². The lowest BCUT2D eigenvalue weighted by Crippen LogP contribution is -2.16. The summed E-state index contributed by atoms with van der Waals surface area (Å²) in [6, 6.07) is 11.9. The highest BCUT2D eigenvalue weighted by Gasteiger charge is 2.09. The van der Waals surface area contributed by atoms with Gasteiger partial charge in [0.15, 0.2) is 6.61 Å². The molecule has 2 rings (SSSR count). The van der Waals surface area contributed by atoms with Gasteiger partial charge < -0.3 is 14.8 Å². The van der Waals surface area contributed by atoms with Crippen LogP contribution in [0.3, 0.4) is 0 Å². The van der Waals surface area contributed by atoms with E-state index >= 15 is 0 Å². The molecular weight excluding hydrogens is 366 g/mol. The average Bonchev–Trinajstić information content (AvgIpc) is 2.66. The number of aryl methyl sites for hydroxylation is 1. The number of carbonyl (C=O) groups excluding carboxylic acids is 2. The van der Waals surface area contributed by atoms with Gasteiger partial charge in [0.25, 0.3) is 5.91 Å². The highest BCUT2D eigenvalue weighted by Crippen LogP contribution is 2.21. The van der Waals surface area contributed by atoms with E-state index in [-0.39, 0.29) is 12.5 Å². The van der Waals surface area contributed by atoms with Gasteiger partial charge in [-0.25, -0.2) is 4.79 Å². The Morgan fingerprint density at radius 1 is 1.07 bits per heavy atom. The number of rotatable bonds is 9. The standard InChI is InChI=1S/C21H24ClNO4/c1-3-4-5-12-26-20(24)14-27-18-9-6-16(7-10-18)21(25)23-19-11-8-17(22)13-15(19)2/h6-11,13H,3-5,12,14H2,1-2H3,(H,23,25). The third kappa shape index (κ3) is 6.94. The first-order valence-electron chi connectivity index (χ1n) is 8.95. The molecule has 0 saturated carbocycles. The molecule has 6 heteroatoms. The molecule has 0 aliphatic heterocycles. The van der Waals surface area contributed by atoms with Crippen molar-refractivity contribution >= 4 is 29.2 Å². The van der Waals surface area contributed by atoms with Crippen molar-refractivity contribution in [2.75, 3.05) is 18.5 Å². The number of anilines is 1. The fourth-order valence-corrected chi connectivity index (χ4v) is 2.61. The molecule has 0 bridgehead atoms. The minimum Gasteiger partial charge on any atom is -0.482 e. The molecule has 0 heterocycles. The van der Waals surface area contributed by atoms with E-state index in [2.05, 4.69) is 12.2 Å². The molecule has 5 nitrogen and oxygen atoms in total. The monoisotopic (exact) mass is 389 g/mol. The average molecular weight is 390 g/mol. The number of hydrogen-bond acceptors (Lipinski definition) is 4. The molecule has 27 heavy (non-hydrogen) atoms. The summed E-state index contributed by atoms with van der Waals surface area (Å²) in [5, 5.41) is 3.47. The summed E-state index contributed by atoms with van der Waals surface area (Å²) in [5.41, 5.74) is 2.07. The number of esters is 1. The number of benzene rings is 2. The summed E-state index contributed by atoms with van der Waals surface area (Å²) in [6.45, 7) is 4.23. The lowest BCUT2D eigenvalue weighted by atomic mass is 10.1. The molecular formula is C21H24ClNO4. The predicted octanol–water partition coefficient (Wildman–Crippen LogP) is 5.01. The van der Waals surface area contributed by atoms with Gasteiger partial charge in [-0.1, -0.05) is 31.4 Å². The summed E-state index contributed by atoms with van der Waals surface area (Å²) in [7, 11) is 0. The van der Waals surface area contributed by atoms with E-state index in [0.717, 1.165) is 24.8 Å². The molecule has 0 fully saturated rings. The Kier molecular flexibility index (Phi) is 8.14. The van der Waals surface area contributed by atoms with Crippen molar-refractivity contribution in [3.8, 4) is 5.75 Å². The third-order valence-electron chi connectivity index (χ3n) is 3.92. The lowest BCUT2D eigenvalue weighted by molar-refractivity contribution is -0.146. The molecule has 1 N–H and O–H groups in total. The molecule has 0 atom stereocenters. The number of ether oxygens (including phenoxy) is 2. The molecule has 0 aromatic heterocycles. The molecule has 2 aromatic rings.